The molecule has 0 spiro atoms. The van der Waals surface area contributed by atoms with Gasteiger partial charge in [0.15, 0.2) is 0 Å². The van der Waals surface area contributed by atoms with Crippen LogP contribution in [0.2, 0.25) is 0 Å². The molecule has 1 saturated heterocycles. The Morgan fingerprint density at radius 2 is 1.82 bits per heavy atom. The highest BCUT2D eigenvalue weighted by Gasteiger charge is 2.35. The van der Waals surface area contributed by atoms with Gasteiger partial charge < -0.3 is 4.74 Å². The van der Waals surface area contributed by atoms with E-state index in [2.05, 4.69) is 11.8 Å². The van der Waals surface area contributed by atoms with Crippen molar-refractivity contribution in [3.63, 3.8) is 0 Å². The Hall–Kier alpha value is -0.570. The molecule has 2 fully saturated rings. The molecule has 0 radical (unpaired) electrons. The average molecular weight is 239 g/mol. The number of hydrogen-bond donors (Lipinski definition) is 0. The van der Waals surface area contributed by atoms with Crippen LogP contribution in [0.3, 0.4) is 0 Å². The van der Waals surface area contributed by atoms with Crippen LogP contribution in [-0.4, -0.2) is 36.6 Å². The summed E-state index contributed by atoms with van der Waals surface area (Å²) in [5, 5.41) is 0. The zero-order chi connectivity index (χ0) is 12.3. The SMILES string of the molecule is COC(=O)C1CCCCN1C1CCC(C)CC1. The highest BCUT2D eigenvalue weighted by Crippen LogP contribution is 2.31. The van der Waals surface area contributed by atoms with Crippen molar-refractivity contribution in [3.05, 3.63) is 0 Å². The molecule has 3 heteroatoms. The van der Waals surface area contributed by atoms with Gasteiger partial charge in [0.2, 0.25) is 0 Å². The summed E-state index contributed by atoms with van der Waals surface area (Å²) in [5.41, 5.74) is 0. The standard InChI is InChI=1S/C14H25NO2/c1-11-6-8-12(9-7-11)15-10-4-3-5-13(15)14(16)17-2/h11-13H,3-10H2,1-2H3. The minimum Gasteiger partial charge on any atom is -0.468 e. The number of hydrogen-bond acceptors (Lipinski definition) is 3. The zero-order valence-electron chi connectivity index (χ0n) is 11.2. The van der Waals surface area contributed by atoms with E-state index in [1.807, 2.05) is 0 Å². The topological polar surface area (TPSA) is 29.5 Å². The summed E-state index contributed by atoms with van der Waals surface area (Å²) >= 11 is 0. The predicted molar refractivity (Wildman–Crippen MR) is 67.8 cm³/mol. The maximum Gasteiger partial charge on any atom is 0.323 e. The van der Waals surface area contributed by atoms with E-state index in [0.29, 0.717) is 6.04 Å². The van der Waals surface area contributed by atoms with Crippen molar-refractivity contribution in [1.29, 1.82) is 0 Å². The van der Waals surface area contributed by atoms with Gasteiger partial charge in [0.05, 0.1) is 7.11 Å². The lowest BCUT2D eigenvalue weighted by molar-refractivity contribution is -0.150. The second kappa shape index (κ2) is 5.85. The second-order valence-electron chi connectivity index (χ2n) is 5.69. The smallest absolute Gasteiger partial charge is 0.323 e. The molecule has 1 heterocycles. The van der Waals surface area contributed by atoms with E-state index < -0.39 is 0 Å². The molecule has 0 bridgehead atoms. The normalized spacial score (nSPS) is 35.5. The van der Waals surface area contributed by atoms with Gasteiger partial charge in [-0.25, -0.2) is 0 Å². The van der Waals surface area contributed by atoms with Gasteiger partial charge in [-0.05, 0) is 51.0 Å². The molecule has 2 rings (SSSR count). The van der Waals surface area contributed by atoms with E-state index in [-0.39, 0.29) is 12.0 Å². The summed E-state index contributed by atoms with van der Waals surface area (Å²) in [4.78, 5) is 14.3. The fourth-order valence-corrected chi connectivity index (χ4v) is 3.35. The molecular formula is C14H25NO2. The van der Waals surface area contributed by atoms with E-state index in [9.17, 15) is 4.79 Å². The fraction of sp³-hybridized carbons (Fsp3) is 0.929. The van der Waals surface area contributed by atoms with Crippen LogP contribution in [0.4, 0.5) is 0 Å². The van der Waals surface area contributed by atoms with Crippen LogP contribution in [0.1, 0.15) is 51.9 Å². The van der Waals surface area contributed by atoms with E-state index in [1.54, 1.807) is 0 Å². The van der Waals surface area contributed by atoms with Gasteiger partial charge in [-0.1, -0.05) is 13.3 Å². The number of nitrogens with zero attached hydrogens (tertiary/aromatic N) is 1. The van der Waals surface area contributed by atoms with Crippen molar-refractivity contribution in [3.8, 4) is 0 Å². The molecule has 0 aromatic rings. The molecule has 1 aliphatic carbocycles. The van der Waals surface area contributed by atoms with Gasteiger partial charge in [-0.3, -0.25) is 9.69 Å². The van der Waals surface area contributed by atoms with Crippen LogP contribution >= 0.6 is 0 Å². The quantitative estimate of drug-likeness (QED) is 0.694. The highest BCUT2D eigenvalue weighted by atomic mass is 16.5. The third kappa shape index (κ3) is 3.01. The first kappa shape index (κ1) is 12.9. The molecular weight excluding hydrogens is 214 g/mol. The maximum atomic E-state index is 11.8. The van der Waals surface area contributed by atoms with Gasteiger partial charge in [-0.15, -0.1) is 0 Å². The van der Waals surface area contributed by atoms with Crippen LogP contribution in [0.5, 0.6) is 0 Å². The van der Waals surface area contributed by atoms with Gasteiger partial charge in [0, 0.05) is 6.04 Å². The first-order valence-electron chi connectivity index (χ1n) is 7.06. The van der Waals surface area contributed by atoms with E-state index in [0.717, 1.165) is 18.9 Å². The number of likely N-dealkylation sites (tertiary alicyclic amines) is 1. The molecule has 1 saturated carbocycles. The second-order valence-corrected chi connectivity index (χ2v) is 5.69. The largest absolute Gasteiger partial charge is 0.468 e. The zero-order valence-corrected chi connectivity index (χ0v) is 11.2. The molecule has 0 aromatic carbocycles. The Kier molecular flexibility index (Phi) is 4.43. The number of carbonyl (C=O) groups is 1. The number of esters is 1. The maximum absolute atomic E-state index is 11.8. The third-order valence-corrected chi connectivity index (χ3v) is 4.47. The molecule has 1 aliphatic heterocycles. The first-order chi connectivity index (χ1) is 8.22. The lowest BCUT2D eigenvalue weighted by Crippen LogP contribution is -2.51. The van der Waals surface area contributed by atoms with Crippen molar-refractivity contribution in [1.82, 2.24) is 4.90 Å². The summed E-state index contributed by atoms with van der Waals surface area (Å²) in [6.07, 6.45) is 8.53. The van der Waals surface area contributed by atoms with Crippen LogP contribution in [0.25, 0.3) is 0 Å². The minimum atomic E-state index is -0.0247. The summed E-state index contributed by atoms with van der Waals surface area (Å²) < 4.78 is 4.95. The molecule has 17 heavy (non-hydrogen) atoms. The van der Waals surface area contributed by atoms with Gasteiger partial charge >= 0.3 is 5.97 Å². The van der Waals surface area contributed by atoms with Crippen LogP contribution < -0.4 is 0 Å². The highest BCUT2D eigenvalue weighted by molar-refractivity contribution is 5.75. The number of piperidine rings is 1. The van der Waals surface area contributed by atoms with Gasteiger partial charge in [-0.2, -0.15) is 0 Å². The summed E-state index contributed by atoms with van der Waals surface area (Å²) in [6.45, 7) is 3.42. The Labute approximate surface area is 105 Å². The minimum absolute atomic E-state index is 0.0247. The molecule has 1 atom stereocenters. The van der Waals surface area contributed by atoms with Crippen molar-refractivity contribution in [2.45, 2.75) is 64.0 Å². The van der Waals surface area contributed by atoms with Crippen molar-refractivity contribution in [2.75, 3.05) is 13.7 Å². The number of carbonyl (C=O) groups excluding carboxylic acids is 1. The van der Waals surface area contributed by atoms with Gasteiger partial charge in [0.1, 0.15) is 6.04 Å². The Bertz CT molecular complexity index is 259. The molecule has 98 valence electrons. The molecule has 2 aliphatic rings. The average Bonchev–Trinajstić information content (AvgIpc) is 2.39. The Morgan fingerprint density at radius 1 is 1.12 bits per heavy atom. The fourth-order valence-electron chi connectivity index (χ4n) is 3.35. The molecule has 0 N–H and O–H groups in total. The lowest BCUT2D eigenvalue weighted by atomic mass is 9.85. The van der Waals surface area contributed by atoms with E-state index in [1.165, 1.54) is 45.6 Å². The predicted octanol–water partition coefficient (Wildman–Crippen LogP) is 2.59. The van der Waals surface area contributed by atoms with E-state index in [4.69, 9.17) is 4.74 Å². The Morgan fingerprint density at radius 3 is 2.47 bits per heavy atom. The summed E-state index contributed by atoms with van der Waals surface area (Å²) in [5.74, 6) is 0.843. The van der Waals surface area contributed by atoms with Gasteiger partial charge in [0.25, 0.3) is 0 Å². The van der Waals surface area contributed by atoms with E-state index >= 15 is 0 Å². The molecule has 1 unspecified atom stereocenters. The molecule has 0 aromatic heterocycles. The van der Waals surface area contributed by atoms with Crippen LogP contribution in [0, 0.1) is 5.92 Å². The van der Waals surface area contributed by atoms with Crippen molar-refractivity contribution >= 4 is 5.97 Å². The lowest BCUT2D eigenvalue weighted by Gasteiger charge is -2.42. The molecule has 0 amide bonds. The van der Waals surface area contributed by atoms with Crippen molar-refractivity contribution < 1.29 is 9.53 Å². The number of rotatable bonds is 2. The van der Waals surface area contributed by atoms with Crippen molar-refractivity contribution in [2.24, 2.45) is 5.92 Å². The number of methoxy groups -OCH3 is 1. The summed E-state index contributed by atoms with van der Waals surface area (Å²) in [6, 6.07) is 0.655. The first-order valence-corrected chi connectivity index (χ1v) is 7.06. The van der Waals surface area contributed by atoms with Crippen LogP contribution in [0.15, 0.2) is 0 Å². The number of ether oxygens (including phenoxy) is 1. The molecule has 3 nitrogen and oxygen atoms in total. The Balaban J connectivity index is 1.98. The monoisotopic (exact) mass is 239 g/mol. The third-order valence-electron chi connectivity index (χ3n) is 4.47. The van der Waals surface area contributed by atoms with Crippen LogP contribution in [-0.2, 0) is 9.53 Å². The summed E-state index contributed by atoms with van der Waals surface area (Å²) in [7, 11) is 1.51.